The quantitative estimate of drug-likeness (QED) is 0.273. The van der Waals surface area contributed by atoms with E-state index in [4.69, 9.17) is 28.4 Å². The Bertz CT molecular complexity index is 1150. The molecule has 0 aromatic carbocycles. The number of hydrogen-bond donors (Lipinski definition) is 4. The predicted molar refractivity (Wildman–Crippen MR) is 194 cm³/mol. The van der Waals surface area contributed by atoms with Crippen molar-refractivity contribution in [1.29, 1.82) is 0 Å². The molecule has 0 spiro atoms. The maximum atomic E-state index is 14.4. The van der Waals surface area contributed by atoms with Gasteiger partial charge in [0.05, 0.1) is 59.8 Å². The maximum Gasteiger partial charge on any atom is 0.225 e. The fraction of sp³-hybridized carbons (Fsp3) is 0.974. The van der Waals surface area contributed by atoms with Crippen molar-refractivity contribution in [1.82, 2.24) is 10.2 Å². The number of carbonyl (C=O) groups excluding carboxylic acids is 1. The van der Waals surface area contributed by atoms with Gasteiger partial charge >= 0.3 is 0 Å². The minimum atomic E-state index is -1.64. The van der Waals surface area contributed by atoms with E-state index in [-0.39, 0.29) is 30.1 Å². The summed E-state index contributed by atoms with van der Waals surface area (Å²) >= 11 is 0. The number of aliphatic hydroxyl groups is 3. The van der Waals surface area contributed by atoms with Crippen molar-refractivity contribution in [2.24, 2.45) is 23.7 Å². The summed E-state index contributed by atoms with van der Waals surface area (Å²) < 4.78 is 39.6. The molecule has 4 aliphatic heterocycles. The third kappa shape index (κ3) is 9.14. The molecule has 4 rings (SSSR count). The molecule has 51 heavy (non-hydrogen) atoms. The molecule has 4 aliphatic rings. The molecule has 12 nitrogen and oxygen atoms in total. The van der Waals surface area contributed by atoms with Crippen molar-refractivity contribution < 1.29 is 48.5 Å². The minimum Gasteiger partial charge on any atom is -0.390 e. The fourth-order valence-corrected chi connectivity index (χ4v) is 9.68. The number of nitrogens with zero attached hydrogens (tertiary/aromatic N) is 1. The van der Waals surface area contributed by atoms with Gasteiger partial charge in [-0.1, -0.05) is 48.0 Å². The first kappa shape index (κ1) is 42.8. The second-order valence-corrected chi connectivity index (χ2v) is 17.4. The lowest BCUT2D eigenvalue weighted by molar-refractivity contribution is -0.311. The molecule has 2 bridgehead atoms. The third-order valence-electron chi connectivity index (χ3n) is 12.9. The van der Waals surface area contributed by atoms with Crippen LogP contribution in [-0.4, -0.2) is 131 Å². The van der Waals surface area contributed by atoms with E-state index >= 15 is 0 Å². The van der Waals surface area contributed by atoms with Crippen molar-refractivity contribution in [2.75, 3.05) is 20.7 Å². The molecular weight excluding hydrogens is 656 g/mol. The molecule has 0 aliphatic carbocycles. The summed E-state index contributed by atoms with van der Waals surface area (Å²) in [5.74, 6) is -2.00. The average molecular weight is 729 g/mol. The van der Waals surface area contributed by atoms with Crippen LogP contribution in [0.25, 0.3) is 0 Å². The van der Waals surface area contributed by atoms with Crippen molar-refractivity contribution in [3.05, 3.63) is 0 Å². The Morgan fingerprint density at radius 1 is 0.941 bits per heavy atom. The van der Waals surface area contributed by atoms with Crippen LogP contribution >= 0.6 is 0 Å². The van der Waals surface area contributed by atoms with Crippen LogP contribution in [0.2, 0.25) is 0 Å². The number of amides is 1. The highest BCUT2D eigenvalue weighted by Gasteiger charge is 2.57. The number of likely N-dealkylation sites (N-methyl/N-ethyl adjacent to an activating group) is 1. The van der Waals surface area contributed by atoms with E-state index in [1.54, 1.807) is 14.0 Å². The number of carbonyl (C=O) groups is 1. The molecule has 4 saturated heterocycles. The van der Waals surface area contributed by atoms with Crippen LogP contribution in [0, 0.1) is 23.7 Å². The molecule has 18 atom stereocenters. The molecular formula is C39H72N2O10. The van der Waals surface area contributed by atoms with Crippen molar-refractivity contribution >= 4 is 5.91 Å². The lowest BCUT2D eigenvalue weighted by atomic mass is 9.75. The third-order valence-corrected chi connectivity index (χ3v) is 12.9. The highest BCUT2D eigenvalue weighted by molar-refractivity contribution is 5.79. The Kier molecular flexibility index (Phi) is 14.1. The summed E-state index contributed by atoms with van der Waals surface area (Å²) in [6.07, 6.45) is -2.38. The molecule has 4 N–H and O–H groups in total. The van der Waals surface area contributed by atoms with Crippen LogP contribution in [0.15, 0.2) is 0 Å². The summed E-state index contributed by atoms with van der Waals surface area (Å²) in [6, 6.07) is -0.893. The van der Waals surface area contributed by atoms with Crippen LogP contribution in [0.4, 0.5) is 0 Å². The largest absolute Gasteiger partial charge is 0.390 e. The number of nitrogens with one attached hydrogen (secondary N) is 1. The van der Waals surface area contributed by atoms with Gasteiger partial charge in [0.1, 0.15) is 11.7 Å². The Balaban J connectivity index is 1.83. The summed E-state index contributed by atoms with van der Waals surface area (Å²) in [5, 5.41) is 38.7. The van der Waals surface area contributed by atoms with Crippen LogP contribution < -0.4 is 5.32 Å². The molecule has 0 unspecified atom stereocenters. The molecule has 0 aromatic rings. The number of rotatable bonds is 9. The molecule has 4 fully saturated rings. The lowest BCUT2D eigenvalue weighted by Gasteiger charge is -2.48. The zero-order chi connectivity index (χ0) is 38.2. The van der Waals surface area contributed by atoms with Gasteiger partial charge in [0.2, 0.25) is 5.91 Å². The van der Waals surface area contributed by atoms with E-state index in [1.807, 2.05) is 62.4 Å². The van der Waals surface area contributed by atoms with E-state index in [1.165, 1.54) is 0 Å². The number of hydrogen-bond acceptors (Lipinski definition) is 11. The van der Waals surface area contributed by atoms with Gasteiger partial charge in [0, 0.05) is 37.8 Å². The minimum absolute atomic E-state index is 0.00673. The Labute approximate surface area is 307 Å². The Morgan fingerprint density at radius 3 is 2.22 bits per heavy atom. The monoisotopic (exact) mass is 729 g/mol. The summed E-state index contributed by atoms with van der Waals surface area (Å²) in [7, 11) is 3.69. The highest BCUT2D eigenvalue weighted by atomic mass is 16.7. The number of methoxy groups -OCH3 is 1. The van der Waals surface area contributed by atoms with E-state index in [0.717, 1.165) is 6.54 Å². The van der Waals surface area contributed by atoms with Gasteiger partial charge in [-0.15, -0.1) is 0 Å². The molecule has 0 saturated carbocycles. The SMILES string of the molecule is CCC[C@H]1NC(=O)[C@H](C)[C@@H](O[C@H]2C[C@@](C)(OC)C[C@H](C)O2)[C@H](C)[C@@H](O[C@@H]2O[C@H](C)C[C@H](N(C)CC)[C@H]2O)[C@@]2(C)C[C@@H](C)[C@@H](O2)[C@H](C)[C@@H](O)[C@]1(C)O. The molecule has 298 valence electrons. The molecule has 1 amide bonds. The Hall–Kier alpha value is -0.930. The van der Waals surface area contributed by atoms with Gasteiger partial charge in [-0.2, -0.15) is 0 Å². The zero-order valence-corrected chi connectivity index (χ0v) is 33.8. The molecule has 0 radical (unpaired) electrons. The number of aliphatic hydroxyl groups excluding tert-OH is 2. The van der Waals surface area contributed by atoms with E-state index in [9.17, 15) is 20.1 Å². The summed E-state index contributed by atoms with van der Waals surface area (Å²) in [6.45, 7) is 22.3. The first-order valence-corrected chi connectivity index (χ1v) is 19.7. The van der Waals surface area contributed by atoms with Gasteiger partial charge in [-0.05, 0) is 73.4 Å². The summed E-state index contributed by atoms with van der Waals surface area (Å²) in [4.78, 5) is 16.5. The average Bonchev–Trinajstić information content (AvgIpc) is 3.38. The van der Waals surface area contributed by atoms with Crippen molar-refractivity contribution in [3.8, 4) is 0 Å². The highest BCUT2D eigenvalue weighted by Crippen LogP contribution is 2.47. The zero-order valence-electron chi connectivity index (χ0n) is 33.8. The molecule has 0 aromatic heterocycles. The van der Waals surface area contributed by atoms with Crippen molar-refractivity contribution in [3.63, 3.8) is 0 Å². The second-order valence-electron chi connectivity index (χ2n) is 17.4. The Morgan fingerprint density at radius 2 is 1.61 bits per heavy atom. The van der Waals surface area contributed by atoms with Crippen molar-refractivity contribution in [2.45, 2.75) is 199 Å². The number of fused-ring (bicyclic) bond motifs is 2. The second kappa shape index (κ2) is 16.8. The van der Waals surface area contributed by atoms with Gasteiger partial charge in [-0.25, -0.2) is 0 Å². The normalized spacial score (nSPS) is 50.3. The number of ether oxygens (including phenoxy) is 6. The van der Waals surface area contributed by atoms with Gasteiger partial charge in [0.25, 0.3) is 0 Å². The molecule has 12 heteroatoms. The maximum absolute atomic E-state index is 14.4. The lowest BCUT2D eigenvalue weighted by Crippen LogP contribution is -2.61. The van der Waals surface area contributed by atoms with E-state index < -0.39 is 83.7 Å². The smallest absolute Gasteiger partial charge is 0.225 e. The summed E-state index contributed by atoms with van der Waals surface area (Å²) in [5.41, 5.74) is -3.06. The first-order chi connectivity index (χ1) is 23.7. The van der Waals surface area contributed by atoms with Crippen LogP contribution in [0.1, 0.15) is 115 Å². The molecule has 4 heterocycles. The van der Waals surface area contributed by atoms with Crippen LogP contribution in [0.5, 0.6) is 0 Å². The van der Waals surface area contributed by atoms with Gasteiger partial charge < -0.3 is 54.0 Å². The van der Waals surface area contributed by atoms with Gasteiger partial charge in [0.15, 0.2) is 12.6 Å². The fourth-order valence-electron chi connectivity index (χ4n) is 9.68. The first-order valence-electron chi connectivity index (χ1n) is 19.7. The van der Waals surface area contributed by atoms with E-state index in [2.05, 4.69) is 24.1 Å². The standard InChI is InChI=1S/C39H72N2O10/c1-14-16-28-39(11,45)33(43)24(6)31-21(3)18-38(10,51-31)34(50-36-30(42)27(41(12)15-2)17-22(4)48-36)25(7)32(26(8)35(44)40-28)49-29-20-37(9,46-13)19-23(5)47-29/h21-34,36,42-43,45H,14-20H2,1-13H3,(H,40,44)/t21-,22-,23+,24+,25+,26-,27+,28-,29+,30-,31-,32+,33-,34-,36+,37+,38-,39-/m1/s1. The van der Waals surface area contributed by atoms with Crippen LogP contribution in [-0.2, 0) is 33.2 Å². The van der Waals surface area contributed by atoms with E-state index in [0.29, 0.717) is 38.5 Å². The topological polar surface area (TPSA) is 148 Å². The van der Waals surface area contributed by atoms with Crippen LogP contribution in [0.3, 0.4) is 0 Å². The predicted octanol–water partition coefficient (Wildman–Crippen LogP) is 4.01. The van der Waals surface area contributed by atoms with Gasteiger partial charge in [-0.3, -0.25) is 4.79 Å².